The highest BCUT2D eigenvalue weighted by atomic mass is 16.6. The van der Waals surface area contributed by atoms with Gasteiger partial charge in [-0.2, -0.15) is 0 Å². The molecule has 1 aliphatic heterocycles. The molecule has 0 bridgehead atoms. The van der Waals surface area contributed by atoms with Crippen molar-refractivity contribution in [1.29, 1.82) is 0 Å². The van der Waals surface area contributed by atoms with Crippen molar-refractivity contribution in [2.24, 2.45) is 0 Å². The third kappa shape index (κ3) is 3.58. The van der Waals surface area contributed by atoms with Crippen LogP contribution in [-0.2, 0) is 20.7 Å². The first kappa shape index (κ1) is 17.7. The second-order valence-electron chi connectivity index (χ2n) is 6.53. The van der Waals surface area contributed by atoms with E-state index >= 15 is 0 Å². The van der Waals surface area contributed by atoms with E-state index in [9.17, 15) is 9.59 Å². The maximum Gasteiger partial charge on any atom is 0.346 e. The number of allylic oxidation sites excluding steroid dienone is 1. The first-order chi connectivity index (χ1) is 13.6. The smallest absolute Gasteiger partial charge is 0.346 e. The van der Waals surface area contributed by atoms with E-state index in [1.165, 1.54) is 0 Å². The Labute approximate surface area is 162 Å². The van der Waals surface area contributed by atoms with Crippen molar-refractivity contribution in [1.82, 2.24) is 0 Å². The Morgan fingerprint density at radius 1 is 0.857 bits per heavy atom. The van der Waals surface area contributed by atoms with E-state index in [1.54, 1.807) is 12.2 Å². The number of esters is 2. The first-order valence-electron chi connectivity index (χ1n) is 9.00. The molecule has 0 unspecified atom stereocenters. The van der Waals surface area contributed by atoms with Crippen LogP contribution in [-0.4, -0.2) is 11.9 Å². The summed E-state index contributed by atoms with van der Waals surface area (Å²) in [5, 5.41) is 0. The molecule has 1 aromatic heterocycles. The quantitative estimate of drug-likeness (QED) is 0.373. The van der Waals surface area contributed by atoms with Gasteiger partial charge in [-0.05, 0) is 36.6 Å². The molecule has 0 radical (unpaired) electrons. The molecule has 0 N–H and O–H groups in total. The number of carbonyl (C=O) groups excluding carboxylic acids is 2. The van der Waals surface area contributed by atoms with Gasteiger partial charge in [0.1, 0.15) is 11.5 Å². The van der Waals surface area contributed by atoms with E-state index in [-0.39, 0.29) is 11.1 Å². The monoisotopic (exact) mass is 370 g/mol. The molecule has 0 atom stereocenters. The van der Waals surface area contributed by atoms with Crippen LogP contribution in [0.5, 0.6) is 0 Å². The summed E-state index contributed by atoms with van der Waals surface area (Å²) in [5.74, 6) is 0.323. The fraction of sp³-hybridized carbons (Fsp3) is 0.0833. The number of benzene rings is 2. The summed E-state index contributed by atoms with van der Waals surface area (Å²) in [7, 11) is 0. The highest BCUT2D eigenvalue weighted by Crippen LogP contribution is 2.28. The van der Waals surface area contributed by atoms with Crippen molar-refractivity contribution in [2.75, 3.05) is 0 Å². The molecular weight excluding hydrogens is 352 g/mol. The van der Waals surface area contributed by atoms with Crippen LogP contribution in [0, 0.1) is 6.92 Å². The van der Waals surface area contributed by atoms with Gasteiger partial charge in [0.2, 0.25) is 0 Å². The molecule has 3 aromatic rings. The number of ether oxygens (including phenoxy) is 1. The molecule has 1 fully saturated rings. The molecule has 2 heterocycles. The summed E-state index contributed by atoms with van der Waals surface area (Å²) < 4.78 is 10.7. The van der Waals surface area contributed by atoms with Gasteiger partial charge < -0.3 is 9.15 Å². The Hall–Kier alpha value is -3.66. The minimum Gasteiger partial charge on any atom is -0.461 e. The number of rotatable bonds is 4. The fourth-order valence-electron chi connectivity index (χ4n) is 3.14. The van der Waals surface area contributed by atoms with Gasteiger partial charge in [0.25, 0.3) is 0 Å². The van der Waals surface area contributed by atoms with Crippen molar-refractivity contribution >= 4 is 18.0 Å². The van der Waals surface area contributed by atoms with E-state index in [2.05, 4.69) is 0 Å². The third-order valence-corrected chi connectivity index (χ3v) is 4.63. The zero-order valence-electron chi connectivity index (χ0n) is 15.3. The Bertz CT molecular complexity index is 1090. The fourth-order valence-corrected chi connectivity index (χ4v) is 3.14. The molecule has 4 nitrogen and oxygen atoms in total. The van der Waals surface area contributed by atoms with Crippen LogP contribution >= 0.6 is 0 Å². The molecule has 1 aliphatic rings. The number of carbonyl (C=O) groups is 2. The van der Waals surface area contributed by atoms with Crippen molar-refractivity contribution in [3.05, 3.63) is 101 Å². The Kier molecular flexibility index (Phi) is 4.77. The zero-order valence-corrected chi connectivity index (χ0v) is 15.3. The number of cyclic esters (lactones) is 2. The largest absolute Gasteiger partial charge is 0.461 e. The van der Waals surface area contributed by atoms with E-state index in [4.69, 9.17) is 9.15 Å². The van der Waals surface area contributed by atoms with E-state index in [1.807, 2.05) is 73.7 Å². The van der Waals surface area contributed by atoms with Gasteiger partial charge in [-0.1, -0.05) is 66.7 Å². The van der Waals surface area contributed by atoms with Crippen LogP contribution in [0.4, 0.5) is 0 Å². The van der Waals surface area contributed by atoms with Crippen LogP contribution in [0.3, 0.4) is 0 Å². The summed E-state index contributed by atoms with van der Waals surface area (Å²) >= 11 is 0. The molecule has 1 saturated heterocycles. The van der Waals surface area contributed by atoms with Gasteiger partial charge in [0.05, 0.1) is 11.1 Å². The zero-order chi connectivity index (χ0) is 19.5. The lowest BCUT2D eigenvalue weighted by Crippen LogP contribution is -1.97. The average molecular weight is 370 g/mol. The summed E-state index contributed by atoms with van der Waals surface area (Å²) in [6.07, 6.45) is 3.87. The summed E-state index contributed by atoms with van der Waals surface area (Å²) in [5.41, 5.74) is 3.35. The van der Waals surface area contributed by atoms with Gasteiger partial charge >= 0.3 is 11.9 Å². The SMILES string of the molecule is Cc1oc(-c2ccccc2)cc1C/C=C1/C(=O)OC(=O)/C1=C\c1ccccc1. The predicted octanol–water partition coefficient (Wildman–Crippen LogP) is 4.89. The van der Waals surface area contributed by atoms with Crippen LogP contribution in [0.2, 0.25) is 0 Å². The molecular formula is C24H18O4. The molecule has 2 aromatic carbocycles. The lowest BCUT2D eigenvalue weighted by Gasteiger charge is -1.97. The van der Waals surface area contributed by atoms with Gasteiger partial charge in [-0.15, -0.1) is 0 Å². The number of furan rings is 1. The van der Waals surface area contributed by atoms with Gasteiger partial charge in [0.15, 0.2) is 0 Å². The number of aryl methyl sites for hydroxylation is 1. The van der Waals surface area contributed by atoms with Crippen molar-refractivity contribution < 1.29 is 18.7 Å². The average Bonchev–Trinajstić information content (AvgIpc) is 3.21. The van der Waals surface area contributed by atoms with Crippen LogP contribution in [0.25, 0.3) is 17.4 Å². The summed E-state index contributed by atoms with van der Waals surface area (Å²) in [6, 6.07) is 21.2. The maximum absolute atomic E-state index is 12.1. The lowest BCUT2D eigenvalue weighted by atomic mass is 10.0. The van der Waals surface area contributed by atoms with Crippen LogP contribution in [0.15, 0.2) is 88.4 Å². The summed E-state index contributed by atoms with van der Waals surface area (Å²) in [4.78, 5) is 24.2. The Balaban J connectivity index is 1.63. The Morgan fingerprint density at radius 3 is 2.21 bits per heavy atom. The minimum atomic E-state index is -0.617. The van der Waals surface area contributed by atoms with E-state index in [0.29, 0.717) is 6.42 Å². The first-order valence-corrected chi connectivity index (χ1v) is 9.00. The molecule has 0 spiro atoms. The molecule has 0 saturated carbocycles. The van der Waals surface area contributed by atoms with Crippen LogP contribution in [0.1, 0.15) is 16.9 Å². The molecule has 28 heavy (non-hydrogen) atoms. The molecule has 4 heteroatoms. The standard InChI is InChI=1S/C24H18O4/c1-16-19(15-22(27-16)18-10-6-3-7-11-18)12-13-20-21(24(26)28-23(20)25)14-17-8-4-2-5-9-17/h2-11,13-15H,12H2,1H3/b20-13+,21-14-. The number of hydrogen-bond donors (Lipinski definition) is 0. The van der Waals surface area contributed by atoms with Crippen molar-refractivity contribution in [3.63, 3.8) is 0 Å². The summed E-state index contributed by atoms with van der Waals surface area (Å²) in [6.45, 7) is 1.89. The van der Waals surface area contributed by atoms with Gasteiger partial charge in [0, 0.05) is 5.56 Å². The normalized spacial score (nSPS) is 16.8. The third-order valence-electron chi connectivity index (χ3n) is 4.63. The van der Waals surface area contributed by atoms with Crippen molar-refractivity contribution in [3.8, 4) is 11.3 Å². The number of hydrogen-bond acceptors (Lipinski definition) is 4. The molecule has 138 valence electrons. The van der Waals surface area contributed by atoms with Crippen LogP contribution < -0.4 is 0 Å². The second-order valence-corrected chi connectivity index (χ2v) is 6.53. The molecule has 0 amide bonds. The van der Waals surface area contributed by atoms with Crippen molar-refractivity contribution in [2.45, 2.75) is 13.3 Å². The van der Waals surface area contributed by atoms with Gasteiger partial charge in [-0.3, -0.25) is 0 Å². The topological polar surface area (TPSA) is 56.5 Å². The molecule has 4 rings (SSSR count). The lowest BCUT2D eigenvalue weighted by molar-refractivity contribution is -0.149. The predicted molar refractivity (Wildman–Crippen MR) is 106 cm³/mol. The minimum absolute atomic E-state index is 0.278. The van der Waals surface area contributed by atoms with E-state index < -0.39 is 11.9 Å². The molecule has 0 aliphatic carbocycles. The Morgan fingerprint density at radius 2 is 1.50 bits per heavy atom. The van der Waals surface area contributed by atoms with E-state index in [0.717, 1.165) is 28.2 Å². The highest BCUT2D eigenvalue weighted by Gasteiger charge is 2.33. The highest BCUT2D eigenvalue weighted by molar-refractivity contribution is 6.20. The maximum atomic E-state index is 12.1. The second kappa shape index (κ2) is 7.53. The van der Waals surface area contributed by atoms with Gasteiger partial charge in [-0.25, -0.2) is 9.59 Å².